The second-order valence-corrected chi connectivity index (χ2v) is 6.35. The Bertz CT molecular complexity index is 321. The first-order chi connectivity index (χ1) is 7.74. The number of nitrogens with one attached hydrogen (secondary N) is 1. The fourth-order valence-electron chi connectivity index (χ4n) is 2.16. The van der Waals surface area contributed by atoms with Gasteiger partial charge in [-0.25, -0.2) is 0 Å². The van der Waals surface area contributed by atoms with Gasteiger partial charge in [-0.15, -0.1) is 11.3 Å². The van der Waals surface area contributed by atoms with Crippen molar-refractivity contribution in [2.45, 2.75) is 44.2 Å². The highest BCUT2D eigenvalue weighted by atomic mass is 79.9. The largest absolute Gasteiger partial charge is 0.393 e. The van der Waals surface area contributed by atoms with Crippen LogP contribution >= 0.6 is 27.3 Å². The summed E-state index contributed by atoms with van der Waals surface area (Å²) in [5.74, 6) is 0. The molecule has 0 amide bonds. The van der Waals surface area contributed by atoms with E-state index in [-0.39, 0.29) is 6.10 Å². The van der Waals surface area contributed by atoms with E-state index in [1.165, 1.54) is 9.35 Å². The smallest absolute Gasteiger partial charge is 0.0541 e. The van der Waals surface area contributed by atoms with Crippen molar-refractivity contribution in [3.8, 4) is 0 Å². The molecule has 1 saturated carbocycles. The second-order valence-electron chi connectivity index (χ2n) is 4.44. The normalized spacial score (nSPS) is 25.9. The molecule has 0 bridgehead atoms. The molecule has 4 heteroatoms. The molecule has 0 spiro atoms. The minimum Gasteiger partial charge on any atom is -0.393 e. The molecule has 0 saturated heterocycles. The fourth-order valence-corrected chi connectivity index (χ4v) is 3.62. The Hall–Kier alpha value is 0.1000. The molecule has 0 aromatic carbocycles. The monoisotopic (exact) mass is 303 g/mol. The first kappa shape index (κ1) is 12.6. The van der Waals surface area contributed by atoms with Gasteiger partial charge in [-0.05, 0) is 54.1 Å². The van der Waals surface area contributed by atoms with Crippen LogP contribution in [0.2, 0.25) is 0 Å². The van der Waals surface area contributed by atoms with Crippen LogP contribution in [0, 0.1) is 0 Å². The molecule has 1 aliphatic rings. The number of hydrogen-bond acceptors (Lipinski definition) is 3. The van der Waals surface area contributed by atoms with Crippen molar-refractivity contribution in [3.63, 3.8) is 0 Å². The molecule has 16 heavy (non-hydrogen) atoms. The molecule has 2 N–H and O–H groups in total. The number of aliphatic hydroxyl groups excluding tert-OH is 1. The van der Waals surface area contributed by atoms with Crippen LogP contribution in [-0.4, -0.2) is 23.8 Å². The van der Waals surface area contributed by atoms with E-state index in [9.17, 15) is 5.11 Å². The number of halogens is 1. The van der Waals surface area contributed by atoms with E-state index in [0.29, 0.717) is 6.04 Å². The lowest BCUT2D eigenvalue weighted by molar-refractivity contribution is 0.117. The summed E-state index contributed by atoms with van der Waals surface area (Å²) in [6, 6.07) is 2.81. The molecule has 1 aromatic rings. The Labute approximate surface area is 109 Å². The zero-order valence-corrected chi connectivity index (χ0v) is 11.7. The average Bonchev–Trinajstić information content (AvgIpc) is 2.67. The first-order valence-electron chi connectivity index (χ1n) is 5.88. The van der Waals surface area contributed by atoms with Gasteiger partial charge in [0.15, 0.2) is 0 Å². The molecule has 1 aliphatic carbocycles. The summed E-state index contributed by atoms with van der Waals surface area (Å²) in [4.78, 5) is 1.43. The quantitative estimate of drug-likeness (QED) is 0.896. The van der Waals surface area contributed by atoms with Crippen LogP contribution in [-0.2, 0) is 6.42 Å². The van der Waals surface area contributed by atoms with Crippen molar-refractivity contribution in [1.82, 2.24) is 5.32 Å². The molecule has 1 fully saturated rings. The molecule has 0 radical (unpaired) electrons. The van der Waals surface area contributed by atoms with Crippen molar-refractivity contribution < 1.29 is 5.11 Å². The van der Waals surface area contributed by atoms with E-state index in [4.69, 9.17) is 0 Å². The third-order valence-electron chi connectivity index (χ3n) is 3.12. The van der Waals surface area contributed by atoms with Gasteiger partial charge in [-0.2, -0.15) is 0 Å². The Morgan fingerprint density at radius 1 is 1.38 bits per heavy atom. The van der Waals surface area contributed by atoms with Crippen LogP contribution in [0.3, 0.4) is 0 Å². The van der Waals surface area contributed by atoms with Gasteiger partial charge in [-0.1, -0.05) is 0 Å². The maximum Gasteiger partial charge on any atom is 0.0541 e. The van der Waals surface area contributed by atoms with Gasteiger partial charge in [0.2, 0.25) is 0 Å². The summed E-state index contributed by atoms with van der Waals surface area (Å²) in [6.45, 7) is 1.05. The highest BCUT2D eigenvalue weighted by Crippen LogP contribution is 2.21. The Morgan fingerprint density at radius 2 is 2.12 bits per heavy atom. The summed E-state index contributed by atoms with van der Waals surface area (Å²) in [5.41, 5.74) is 0. The van der Waals surface area contributed by atoms with Crippen LogP contribution in [0.4, 0.5) is 0 Å². The van der Waals surface area contributed by atoms with Gasteiger partial charge in [0, 0.05) is 27.3 Å². The van der Waals surface area contributed by atoms with Gasteiger partial charge in [0.1, 0.15) is 0 Å². The van der Waals surface area contributed by atoms with Crippen molar-refractivity contribution in [1.29, 1.82) is 0 Å². The molecule has 1 heterocycles. The Kier molecular flexibility index (Phi) is 4.82. The minimum absolute atomic E-state index is 0.0497. The van der Waals surface area contributed by atoms with Crippen LogP contribution in [0.1, 0.15) is 30.6 Å². The molecular weight excluding hydrogens is 286 g/mol. The van der Waals surface area contributed by atoms with Crippen LogP contribution < -0.4 is 5.32 Å². The highest BCUT2D eigenvalue weighted by molar-refractivity contribution is 9.10. The number of hydrogen-bond donors (Lipinski definition) is 2. The van der Waals surface area contributed by atoms with Crippen molar-refractivity contribution >= 4 is 27.3 Å². The summed E-state index contributed by atoms with van der Waals surface area (Å²) >= 11 is 5.28. The molecule has 1 aromatic heterocycles. The lowest BCUT2D eigenvalue weighted by Crippen LogP contribution is -2.35. The van der Waals surface area contributed by atoms with Gasteiger partial charge in [0.05, 0.1) is 6.10 Å². The van der Waals surface area contributed by atoms with Gasteiger partial charge in [-0.3, -0.25) is 0 Å². The van der Waals surface area contributed by atoms with Crippen molar-refractivity contribution in [3.05, 3.63) is 20.8 Å². The predicted molar refractivity (Wildman–Crippen MR) is 72.0 cm³/mol. The van der Waals surface area contributed by atoms with Crippen molar-refractivity contribution in [2.24, 2.45) is 0 Å². The van der Waals surface area contributed by atoms with E-state index in [0.717, 1.165) is 38.6 Å². The van der Waals surface area contributed by atoms with E-state index >= 15 is 0 Å². The lowest BCUT2D eigenvalue weighted by atomic mass is 9.93. The fraction of sp³-hybridized carbons (Fsp3) is 0.667. The lowest BCUT2D eigenvalue weighted by Gasteiger charge is -2.26. The van der Waals surface area contributed by atoms with Crippen LogP contribution in [0.5, 0.6) is 0 Å². The van der Waals surface area contributed by atoms with E-state index in [1.807, 2.05) is 11.3 Å². The number of thiophene rings is 1. The van der Waals surface area contributed by atoms with E-state index < -0.39 is 0 Å². The molecule has 0 atom stereocenters. The summed E-state index contributed by atoms with van der Waals surface area (Å²) in [6.07, 6.45) is 5.22. The second kappa shape index (κ2) is 6.15. The Morgan fingerprint density at radius 3 is 2.75 bits per heavy atom. The zero-order valence-electron chi connectivity index (χ0n) is 9.29. The number of aliphatic hydroxyl groups is 1. The molecule has 2 rings (SSSR count). The van der Waals surface area contributed by atoms with Gasteiger partial charge < -0.3 is 10.4 Å². The Balaban J connectivity index is 1.64. The van der Waals surface area contributed by atoms with Gasteiger partial charge in [0.25, 0.3) is 0 Å². The third-order valence-corrected chi connectivity index (χ3v) is 4.88. The maximum absolute atomic E-state index is 9.40. The highest BCUT2D eigenvalue weighted by Gasteiger charge is 2.18. The zero-order chi connectivity index (χ0) is 11.4. The molecular formula is C12H18BrNOS. The molecule has 2 nitrogen and oxygen atoms in total. The van der Waals surface area contributed by atoms with Crippen LogP contribution in [0.25, 0.3) is 0 Å². The SMILES string of the molecule is OC1CCC(NCCc2cc(Br)cs2)CC1. The maximum atomic E-state index is 9.40. The first-order valence-corrected chi connectivity index (χ1v) is 7.55. The average molecular weight is 304 g/mol. The van der Waals surface area contributed by atoms with E-state index in [1.54, 1.807) is 0 Å². The minimum atomic E-state index is -0.0497. The summed E-state index contributed by atoms with van der Waals surface area (Å²) in [7, 11) is 0. The summed E-state index contributed by atoms with van der Waals surface area (Å²) in [5, 5.41) is 15.1. The molecule has 0 aliphatic heterocycles. The van der Waals surface area contributed by atoms with Crippen LogP contribution in [0.15, 0.2) is 15.9 Å². The topological polar surface area (TPSA) is 32.3 Å². The standard InChI is InChI=1S/C12H18BrNOS/c13-9-7-12(16-8-9)5-6-14-10-1-3-11(15)4-2-10/h7-8,10-11,14-15H,1-6H2. The molecule has 0 unspecified atom stereocenters. The van der Waals surface area contributed by atoms with Crippen molar-refractivity contribution in [2.75, 3.05) is 6.54 Å². The predicted octanol–water partition coefficient (Wildman–Crippen LogP) is 2.95. The van der Waals surface area contributed by atoms with E-state index in [2.05, 4.69) is 32.7 Å². The summed E-state index contributed by atoms with van der Waals surface area (Å²) < 4.78 is 1.19. The molecule has 90 valence electrons. The third kappa shape index (κ3) is 3.84. The number of rotatable bonds is 4. The van der Waals surface area contributed by atoms with Gasteiger partial charge >= 0.3 is 0 Å².